The van der Waals surface area contributed by atoms with Gasteiger partial charge in [0.15, 0.2) is 5.96 Å². The number of thioether (sulfide) groups is 1. The highest BCUT2D eigenvalue weighted by Crippen LogP contribution is 2.42. The molecule has 0 bridgehead atoms. The normalized spacial score (nSPS) is 24.4. The fourth-order valence-electron chi connectivity index (χ4n) is 2.94. The van der Waals surface area contributed by atoms with Gasteiger partial charge in [0, 0.05) is 37.7 Å². The molecule has 5 heteroatoms. The van der Waals surface area contributed by atoms with Crippen LogP contribution in [0.15, 0.2) is 4.99 Å². The number of halogens is 1. The van der Waals surface area contributed by atoms with Crippen LogP contribution in [0.1, 0.15) is 32.1 Å². The number of aliphatic imine (C=N–C) groups is 1. The van der Waals surface area contributed by atoms with E-state index < -0.39 is 0 Å². The first-order valence-corrected chi connectivity index (χ1v) is 7.32. The lowest BCUT2D eigenvalue weighted by atomic mass is 9.87. The maximum Gasteiger partial charge on any atom is 0.193 e. The number of rotatable bonds is 0. The monoisotopic (exact) mass is 369 g/mol. The second-order valence-electron chi connectivity index (χ2n) is 4.81. The van der Waals surface area contributed by atoms with Gasteiger partial charge in [0.1, 0.15) is 0 Å². The minimum Gasteiger partial charge on any atom is -0.359 e. The van der Waals surface area contributed by atoms with Gasteiger partial charge in [0.05, 0.1) is 0 Å². The van der Waals surface area contributed by atoms with Crippen LogP contribution in [0.2, 0.25) is 0 Å². The Balaban J connectivity index is 0.00000144. The highest BCUT2D eigenvalue weighted by molar-refractivity contribution is 14.0. The molecule has 1 aliphatic carbocycles. The first-order chi connectivity index (χ1) is 7.79. The SMILES string of the molecule is CN=C(NC)N1CCSC2(CCCCC2)C1.I. The average Bonchev–Trinajstić information content (AvgIpc) is 2.32. The van der Waals surface area contributed by atoms with E-state index in [1.807, 2.05) is 14.1 Å². The minimum atomic E-state index is 0. The van der Waals surface area contributed by atoms with Crippen molar-refractivity contribution in [1.29, 1.82) is 0 Å². The number of hydrogen-bond acceptors (Lipinski definition) is 2. The van der Waals surface area contributed by atoms with E-state index in [9.17, 15) is 0 Å². The van der Waals surface area contributed by atoms with Crippen molar-refractivity contribution in [3.63, 3.8) is 0 Å². The van der Waals surface area contributed by atoms with Crippen molar-refractivity contribution in [2.45, 2.75) is 36.9 Å². The first-order valence-electron chi connectivity index (χ1n) is 6.33. The van der Waals surface area contributed by atoms with Crippen molar-refractivity contribution in [2.75, 3.05) is 32.9 Å². The molecule has 0 atom stereocenters. The Hall–Kier alpha value is 0.350. The van der Waals surface area contributed by atoms with E-state index in [1.54, 1.807) is 0 Å². The topological polar surface area (TPSA) is 27.6 Å². The summed E-state index contributed by atoms with van der Waals surface area (Å²) in [5.74, 6) is 2.31. The minimum absolute atomic E-state index is 0. The summed E-state index contributed by atoms with van der Waals surface area (Å²) in [6, 6.07) is 0. The lowest BCUT2D eigenvalue weighted by Crippen LogP contribution is -2.52. The first kappa shape index (κ1) is 15.4. The predicted molar refractivity (Wildman–Crippen MR) is 87.7 cm³/mol. The number of nitrogens with zero attached hydrogens (tertiary/aromatic N) is 2. The van der Waals surface area contributed by atoms with Crippen molar-refractivity contribution in [2.24, 2.45) is 4.99 Å². The molecule has 1 saturated carbocycles. The zero-order valence-electron chi connectivity index (χ0n) is 10.9. The summed E-state index contributed by atoms with van der Waals surface area (Å²) in [5, 5.41) is 3.21. The smallest absolute Gasteiger partial charge is 0.193 e. The van der Waals surface area contributed by atoms with Gasteiger partial charge >= 0.3 is 0 Å². The van der Waals surface area contributed by atoms with Gasteiger partial charge in [-0.2, -0.15) is 11.8 Å². The molecule has 17 heavy (non-hydrogen) atoms. The molecule has 2 fully saturated rings. The predicted octanol–water partition coefficient (Wildman–Crippen LogP) is 2.56. The van der Waals surface area contributed by atoms with Crippen molar-refractivity contribution in [3.8, 4) is 0 Å². The Bertz CT molecular complexity index is 259. The Kier molecular flexibility index (Phi) is 6.40. The van der Waals surface area contributed by atoms with Gasteiger partial charge in [-0.15, -0.1) is 24.0 Å². The van der Waals surface area contributed by atoms with Gasteiger partial charge in [-0.1, -0.05) is 19.3 Å². The molecular weight excluding hydrogens is 345 g/mol. The van der Waals surface area contributed by atoms with Gasteiger partial charge in [0.2, 0.25) is 0 Å². The van der Waals surface area contributed by atoms with Gasteiger partial charge < -0.3 is 10.2 Å². The molecule has 2 aliphatic rings. The lowest BCUT2D eigenvalue weighted by molar-refractivity contribution is 0.294. The molecular formula is C12H24IN3S. The van der Waals surface area contributed by atoms with Crippen LogP contribution >= 0.6 is 35.7 Å². The molecule has 0 radical (unpaired) electrons. The second-order valence-corrected chi connectivity index (χ2v) is 6.37. The number of guanidine groups is 1. The van der Waals surface area contributed by atoms with E-state index in [0.717, 1.165) is 12.5 Å². The quantitative estimate of drug-likeness (QED) is 0.404. The molecule has 100 valence electrons. The molecule has 0 aromatic heterocycles. The second kappa shape index (κ2) is 7.07. The largest absolute Gasteiger partial charge is 0.359 e. The molecule has 0 aromatic rings. The van der Waals surface area contributed by atoms with E-state index in [4.69, 9.17) is 0 Å². The third kappa shape index (κ3) is 3.66. The summed E-state index contributed by atoms with van der Waals surface area (Å²) >= 11 is 2.20. The van der Waals surface area contributed by atoms with Crippen molar-refractivity contribution < 1.29 is 0 Å². The van der Waals surface area contributed by atoms with E-state index in [-0.39, 0.29) is 24.0 Å². The zero-order valence-corrected chi connectivity index (χ0v) is 14.0. The Morgan fingerprint density at radius 3 is 2.59 bits per heavy atom. The van der Waals surface area contributed by atoms with Crippen molar-refractivity contribution in [3.05, 3.63) is 0 Å². The molecule has 0 unspecified atom stereocenters. The Labute approximate surface area is 126 Å². The fourth-order valence-corrected chi connectivity index (χ4v) is 4.50. The van der Waals surface area contributed by atoms with E-state index in [2.05, 4.69) is 27.0 Å². The number of hydrogen-bond donors (Lipinski definition) is 1. The number of nitrogens with one attached hydrogen (secondary N) is 1. The highest BCUT2D eigenvalue weighted by Gasteiger charge is 2.37. The summed E-state index contributed by atoms with van der Waals surface area (Å²) in [4.78, 5) is 6.76. The molecule has 1 N–H and O–H groups in total. The Morgan fingerprint density at radius 2 is 2.00 bits per heavy atom. The zero-order chi connectivity index (χ0) is 11.4. The molecule has 0 aromatic carbocycles. The third-order valence-electron chi connectivity index (χ3n) is 3.75. The van der Waals surface area contributed by atoms with Crippen LogP contribution in [0, 0.1) is 0 Å². The summed E-state index contributed by atoms with van der Waals surface area (Å²) in [6.45, 7) is 2.32. The molecule has 1 saturated heterocycles. The molecule has 1 spiro atoms. The summed E-state index contributed by atoms with van der Waals surface area (Å²) in [6.07, 6.45) is 7.06. The van der Waals surface area contributed by atoms with Crippen LogP contribution < -0.4 is 5.32 Å². The van der Waals surface area contributed by atoms with Crippen LogP contribution in [0.5, 0.6) is 0 Å². The van der Waals surface area contributed by atoms with E-state index in [0.29, 0.717) is 4.75 Å². The molecule has 2 rings (SSSR count). The molecule has 0 amide bonds. The lowest BCUT2D eigenvalue weighted by Gasteiger charge is -2.45. The maximum absolute atomic E-state index is 4.33. The van der Waals surface area contributed by atoms with E-state index >= 15 is 0 Å². The van der Waals surface area contributed by atoms with Gasteiger partial charge in [0.25, 0.3) is 0 Å². The van der Waals surface area contributed by atoms with Gasteiger partial charge in [-0.25, -0.2) is 0 Å². The highest BCUT2D eigenvalue weighted by atomic mass is 127. The Morgan fingerprint density at radius 1 is 1.29 bits per heavy atom. The summed E-state index contributed by atoms with van der Waals surface area (Å²) in [5.41, 5.74) is 0. The molecule has 1 aliphatic heterocycles. The molecule has 3 nitrogen and oxygen atoms in total. The van der Waals surface area contributed by atoms with E-state index in [1.165, 1.54) is 44.4 Å². The summed E-state index contributed by atoms with van der Waals surface area (Å²) in [7, 11) is 3.85. The third-order valence-corrected chi connectivity index (χ3v) is 5.28. The van der Waals surface area contributed by atoms with Gasteiger partial charge in [-0.05, 0) is 12.8 Å². The fraction of sp³-hybridized carbons (Fsp3) is 0.917. The standard InChI is InChI=1S/C12H23N3S.HI/c1-13-11(14-2)15-8-9-16-12(10-15)6-4-3-5-7-12;/h3-10H2,1-2H3,(H,13,14);1H. The van der Waals surface area contributed by atoms with Crippen LogP contribution in [-0.2, 0) is 0 Å². The van der Waals surface area contributed by atoms with Crippen LogP contribution in [-0.4, -0.2) is 48.5 Å². The van der Waals surface area contributed by atoms with Crippen LogP contribution in [0.25, 0.3) is 0 Å². The van der Waals surface area contributed by atoms with Crippen LogP contribution in [0.3, 0.4) is 0 Å². The maximum atomic E-state index is 4.33. The van der Waals surface area contributed by atoms with Gasteiger partial charge in [-0.3, -0.25) is 4.99 Å². The van der Waals surface area contributed by atoms with Crippen LogP contribution in [0.4, 0.5) is 0 Å². The van der Waals surface area contributed by atoms with Crippen molar-refractivity contribution in [1.82, 2.24) is 10.2 Å². The summed E-state index contributed by atoms with van der Waals surface area (Å²) < 4.78 is 0.531. The molecule has 1 heterocycles. The average molecular weight is 369 g/mol. The van der Waals surface area contributed by atoms with Crippen molar-refractivity contribution >= 4 is 41.7 Å².